The summed E-state index contributed by atoms with van der Waals surface area (Å²) in [5.41, 5.74) is 6.95. The van der Waals surface area contributed by atoms with Crippen molar-refractivity contribution in [3.8, 4) is 0 Å². The van der Waals surface area contributed by atoms with E-state index >= 15 is 0 Å². The fourth-order valence-corrected chi connectivity index (χ4v) is 3.08. The van der Waals surface area contributed by atoms with Crippen LogP contribution in [0.5, 0.6) is 0 Å². The van der Waals surface area contributed by atoms with Gasteiger partial charge in [0.25, 0.3) is 0 Å². The standard InChI is InChI=1S/C11H14N2O2S2/c12-11(16)9-3-1-8(2-4-9)7-17(14,15)13-10-5-6-10/h1-4,10,13H,5-7H2,(H2,12,16). The van der Waals surface area contributed by atoms with Crippen molar-refractivity contribution < 1.29 is 8.42 Å². The van der Waals surface area contributed by atoms with Crippen LogP contribution < -0.4 is 10.5 Å². The van der Waals surface area contributed by atoms with Crippen molar-refractivity contribution in [2.24, 2.45) is 5.73 Å². The van der Waals surface area contributed by atoms with Gasteiger partial charge in [0.2, 0.25) is 10.0 Å². The van der Waals surface area contributed by atoms with E-state index in [4.69, 9.17) is 18.0 Å². The lowest BCUT2D eigenvalue weighted by Crippen LogP contribution is -2.27. The van der Waals surface area contributed by atoms with Crippen LogP contribution in [0.3, 0.4) is 0 Å². The summed E-state index contributed by atoms with van der Waals surface area (Å²) in [6.07, 6.45) is 1.89. The first-order valence-electron chi connectivity index (χ1n) is 5.35. The van der Waals surface area contributed by atoms with Crippen LogP contribution in [-0.4, -0.2) is 19.4 Å². The molecule has 0 unspecified atom stereocenters. The number of nitrogens with one attached hydrogen (secondary N) is 1. The molecule has 6 heteroatoms. The molecule has 4 nitrogen and oxygen atoms in total. The van der Waals surface area contributed by atoms with Gasteiger partial charge in [0.1, 0.15) is 4.99 Å². The Labute approximate surface area is 106 Å². The number of benzene rings is 1. The summed E-state index contributed by atoms with van der Waals surface area (Å²) in [5, 5.41) is 0. The molecule has 1 aromatic rings. The smallest absolute Gasteiger partial charge is 0.216 e. The summed E-state index contributed by atoms with van der Waals surface area (Å²) in [5.74, 6) is 0.00110. The molecule has 0 spiro atoms. The van der Waals surface area contributed by atoms with Crippen molar-refractivity contribution in [1.29, 1.82) is 0 Å². The van der Waals surface area contributed by atoms with E-state index in [0.29, 0.717) is 4.99 Å². The minimum absolute atomic E-state index is 0.00110. The molecule has 0 radical (unpaired) electrons. The summed E-state index contributed by atoms with van der Waals surface area (Å²) in [6, 6.07) is 7.10. The topological polar surface area (TPSA) is 72.2 Å². The zero-order chi connectivity index (χ0) is 12.5. The molecule has 0 heterocycles. The monoisotopic (exact) mass is 270 g/mol. The van der Waals surface area contributed by atoms with Crippen molar-refractivity contribution in [2.45, 2.75) is 24.6 Å². The van der Waals surface area contributed by atoms with Gasteiger partial charge in [0.05, 0.1) is 5.75 Å². The number of nitrogens with two attached hydrogens (primary N) is 1. The fourth-order valence-electron chi connectivity index (χ4n) is 1.48. The van der Waals surface area contributed by atoms with Gasteiger partial charge in [-0.2, -0.15) is 0 Å². The predicted octanol–water partition coefficient (Wildman–Crippen LogP) is 0.903. The number of thiocarbonyl (C=S) groups is 1. The van der Waals surface area contributed by atoms with Crippen molar-refractivity contribution in [3.63, 3.8) is 0 Å². The maximum Gasteiger partial charge on any atom is 0.216 e. The van der Waals surface area contributed by atoms with Gasteiger partial charge in [-0.15, -0.1) is 0 Å². The minimum atomic E-state index is -3.22. The zero-order valence-corrected chi connectivity index (χ0v) is 10.9. The van der Waals surface area contributed by atoms with Gasteiger partial charge in [0.15, 0.2) is 0 Å². The molecule has 1 aromatic carbocycles. The van der Waals surface area contributed by atoms with Gasteiger partial charge < -0.3 is 5.73 Å². The van der Waals surface area contributed by atoms with Crippen molar-refractivity contribution in [3.05, 3.63) is 35.4 Å². The highest BCUT2D eigenvalue weighted by atomic mass is 32.2. The number of hydrogen-bond acceptors (Lipinski definition) is 3. The number of sulfonamides is 1. The van der Waals surface area contributed by atoms with Crippen LogP contribution in [-0.2, 0) is 15.8 Å². The first-order chi connectivity index (χ1) is 7.96. The highest BCUT2D eigenvalue weighted by molar-refractivity contribution is 7.88. The Morgan fingerprint density at radius 3 is 2.41 bits per heavy atom. The second kappa shape index (κ2) is 4.72. The molecule has 0 atom stereocenters. The average Bonchev–Trinajstić information content (AvgIpc) is 3.00. The van der Waals surface area contributed by atoms with Gasteiger partial charge >= 0.3 is 0 Å². The van der Waals surface area contributed by atoms with E-state index < -0.39 is 10.0 Å². The average molecular weight is 270 g/mol. The predicted molar refractivity (Wildman–Crippen MR) is 71.1 cm³/mol. The van der Waals surface area contributed by atoms with E-state index in [9.17, 15) is 8.42 Å². The van der Waals surface area contributed by atoms with Crippen LogP contribution >= 0.6 is 12.2 Å². The van der Waals surface area contributed by atoms with Crippen molar-refractivity contribution in [2.75, 3.05) is 0 Å². The number of rotatable bonds is 5. The third kappa shape index (κ3) is 3.76. The summed E-state index contributed by atoms with van der Waals surface area (Å²) in [7, 11) is -3.22. The maximum absolute atomic E-state index is 11.7. The molecule has 0 bridgehead atoms. The van der Waals surface area contributed by atoms with Gasteiger partial charge in [-0.3, -0.25) is 0 Å². The van der Waals surface area contributed by atoms with Gasteiger partial charge in [-0.05, 0) is 18.4 Å². The largest absolute Gasteiger partial charge is 0.389 e. The van der Waals surface area contributed by atoms with Crippen molar-refractivity contribution >= 4 is 27.2 Å². The van der Waals surface area contributed by atoms with Crippen LogP contribution in [0.4, 0.5) is 0 Å². The van der Waals surface area contributed by atoms with E-state index in [-0.39, 0.29) is 11.8 Å². The molecule has 1 fully saturated rings. The highest BCUT2D eigenvalue weighted by Gasteiger charge is 2.26. The van der Waals surface area contributed by atoms with E-state index in [1.807, 2.05) is 0 Å². The Morgan fingerprint density at radius 1 is 1.35 bits per heavy atom. The lowest BCUT2D eigenvalue weighted by atomic mass is 10.1. The normalized spacial score (nSPS) is 15.8. The Balaban J connectivity index is 2.05. The van der Waals surface area contributed by atoms with Crippen LogP contribution in [0.1, 0.15) is 24.0 Å². The molecular formula is C11H14N2O2S2. The molecule has 92 valence electrons. The van der Waals surface area contributed by atoms with Gasteiger partial charge in [-0.25, -0.2) is 13.1 Å². The van der Waals surface area contributed by atoms with E-state index in [0.717, 1.165) is 24.0 Å². The lowest BCUT2D eigenvalue weighted by Gasteiger charge is -2.06. The second-order valence-electron chi connectivity index (χ2n) is 4.21. The third-order valence-electron chi connectivity index (χ3n) is 2.52. The zero-order valence-electron chi connectivity index (χ0n) is 9.22. The maximum atomic E-state index is 11.7. The van der Waals surface area contributed by atoms with Gasteiger partial charge in [0, 0.05) is 11.6 Å². The molecule has 17 heavy (non-hydrogen) atoms. The van der Waals surface area contributed by atoms with E-state index in [2.05, 4.69) is 4.72 Å². The molecular weight excluding hydrogens is 256 g/mol. The van der Waals surface area contributed by atoms with Crippen LogP contribution in [0.15, 0.2) is 24.3 Å². The fraction of sp³-hybridized carbons (Fsp3) is 0.364. The van der Waals surface area contributed by atoms with E-state index in [1.54, 1.807) is 24.3 Å². The Kier molecular flexibility index (Phi) is 3.46. The summed E-state index contributed by atoms with van der Waals surface area (Å²) < 4.78 is 26.1. The summed E-state index contributed by atoms with van der Waals surface area (Å²) >= 11 is 4.83. The highest BCUT2D eigenvalue weighted by Crippen LogP contribution is 2.20. The Hall–Kier alpha value is -0.980. The third-order valence-corrected chi connectivity index (χ3v) is 4.16. The summed E-state index contributed by atoms with van der Waals surface area (Å²) in [4.78, 5) is 0.315. The van der Waals surface area contributed by atoms with Crippen molar-refractivity contribution in [1.82, 2.24) is 4.72 Å². The molecule has 0 aromatic heterocycles. The molecule has 0 saturated heterocycles. The first-order valence-corrected chi connectivity index (χ1v) is 7.41. The van der Waals surface area contributed by atoms with Crippen LogP contribution in [0, 0.1) is 0 Å². The molecule has 1 aliphatic rings. The lowest BCUT2D eigenvalue weighted by molar-refractivity contribution is 0.580. The molecule has 1 saturated carbocycles. The summed E-state index contributed by atoms with van der Waals surface area (Å²) in [6.45, 7) is 0. The van der Waals surface area contributed by atoms with Crippen LogP contribution in [0.2, 0.25) is 0 Å². The Bertz CT molecular complexity index is 519. The van der Waals surface area contributed by atoms with E-state index in [1.165, 1.54) is 0 Å². The molecule has 1 aliphatic carbocycles. The minimum Gasteiger partial charge on any atom is -0.389 e. The molecule has 3 N–H and O–H groups in total. The molecule has 2 rings (SSSR count). The number of hydrogen-bond donors (Lipinski definition) is 2. The SMILES string of the molecule is NC(=S)c1ccc(CS(=O)(=O)NC2CC2)cc1. The first kappa shape index (κ1) is 12.5. The molecule has 0 amide bonds. The molecule has 0 aliphatic heterocycles. The van der Waals surface area contributed by atoms with Gasteiger partial charge in [-0.1, -0.05) is 36.5 Å². The second-order valence-corrected chi connectivity index (χ2v) is 6.41. The van der Waals surface area contributed by atoms with Crippen LogP contribution in [0.25, 0.3) is 0 Å². The quantitative estimate of drug-likeness (QED) is 0.780. The Morgan fingerprint density at radius 2 is 1.94 bits per heavy atom.